The van der Waals surface area contributed by atoms with Crippen LogP contribution in [0, 0.1) is 6.92 Å². The van der Waals surface area contributed by atoms with Gasteiger partial charge in [-0.2, -0.15) is 11.8 Å². The molecule has 1 heterocycles. The molecule has 0 aliphatic rings. The summed E-state index contributed by atoms with van der Waals surface area (Å²) in [4.78, 5) is 0. The minimum absolute atomic E-state index is 0.507. The summed E-state index contributed by atoms with van der Waals surface area (Å²) in [5.74, 6) is 2.15. The van der Waals surface area contributed by atoms with Crippen LogP contribution in [0.2, 0.25) is 5.28 Å². The number of unbranched alkanes of at least 4 members (excludes halogenated alkanes) is 2. The van der Waals surface area contributed by atoms with Crippen LogP contribution < -0.4 is 0 Å². The van der Waals surface area contributed by atoms with E-state index in [0.717, 1.165) is 18.8 Å². The van der Waals surface area contributed by atoms with E-state index in [1.807, 2.05) is 23.3 Å². The molecule has 0 aliphatic carbocycles. The number of rotatable bonds is 6. The van der Waals surface area contributed by atoms with Crippen molar-refractivity contribution in [3.05, 3.63) is 11.1 Å². The van der Waals surface area contributed by atoms with Crippen LogP contribution in [0.4, 0.5) is 0 Å². The molecule has 1 rings (SSSR count). The molecule has 0 unspecified atom stereocenters. The van der Waals surface area contributed by atoms with E-state index >= 15 is 0 Å². The lowest BCUT2D eigenvalue weighted by atomic mass is 10.2. The quantitative estimate of drug-likeness (QED) is 0.708. The Morgan fingerprint density at radius 3 is 2.64 bits per heavy atom. The van der Waals surface area contributed by atoms with Gasteiger partial charge in [-0.15, -0.1) is 10.2 Å². The Hall–Kier alpha value is -0.220. The van der Waals surface area contributed by atoms with Crippen LogP contribution >= 0.6 is 23.4 Å². The van der Waals surface area contributed by atoms with Crippen LogP contribution in [0.15, 0.2) is 0 Å². The van der Waals surface area contributed by atoms with Crippen LogP contribution in [0.25, 0.3) is 0 Å². The van der Waals surface area contributed by atoms with Gasteiger partial charge in [0.15, 0.2) is 0 Å². The van der Waals surface area contributed by atoms with E-state index in [4.69, 9.17) is 11.6 Å². The summed E-state index contributed by atoms with van der Waals surface area (Å²) in [7, 11) is 0. The van der Waals surface area contributed by atoms with Gasteiger partial charge in [0.2, 0.25) is 5.28 Å². The smallest absolute Gasteiger partial charge is 0.225 e. The molecule has 0 spiro atoms. The molecule has 0 saturated heterocycles. The molecular weight excluding hydrogens is 218 g/mol. The minimum Gasteiger partial charge on any atom is -0.302 e. The Morgan fingerprint density at radius 1 is 1.29 bits per heavy atom. The van der Waals surface area contributed by atoms with E-state index in [0.29, 0.717) is 5.28 Å². The van der Waals surface area contributed by atoms with E-state index in [1.165, 1.54) is 18.6 Å². The van der Waals surface area contributed by atoms with Gasteiger partial charge in [0.25, 0.3) is 0 Å². The summed E-state index contributed by atoms with van der Waals surface area (Å²) in [6, 6.07) is 0. The van der Waals surface area contributed by atoms with E-state index in [2.05, 4.69) is 16.5 Å². The lowest BCUT2D eigenvalue weighted by Gasteiger charge is -2.04. The molecule has 0 saturated carbocycles. The molecule has 0 radical (unpaired) electrons. The Balaban J connectivity index is 2.24. The number of hydrogen-bond acceptors (Lipinski definition) is 3. The average Bonchev–Trinajstić information content (AvgIpc) is 2.48. The second-order valence-corrected chi connectivity index (χ2v) is 4.55. The first-order valence-corrected chi connectivity index (χ1v) is 6.57. The van der Waals surface area contributed by atoms with Gasteiger partial charge in [-0.25, -0.2) is 0 Å². The van der Waals surface area contributed by atoms with Gasteiger partial charge < -0.3 is 4.57 Å². The minimum atomic E-state index is 0.507. The molecule has 0 aliphatic heterocycles. The van der Waals surface area contributed by atoms with Crippen LogP contribution in [-0.4, -0.2) is 26.8 Å². The molecule has 14 heavy (non-hydrogen) atoms. The Kier molecular flexibility index (Phi) is 5.33. The van der Waals surface area contributed by atoms with Crippen molar-refractivity contribution in [2.45, 2.75) is 32.7 Å². The summed E-state index contributed by atoms with van der Waals surface area (Å²) in [5.41, 5.74) is 0. The number of thioether (sulfide) groups is 1. The second-order valence-electron chi connectivity index (χ2n) is 3.22. The van der Waals surface area contributed by atoms with Crippen LogP contribution in [-0.2, 0) is 6.54 Å². The normalized spacial score (nSPS) is 10.8. The molecule has 80 valence electrons. The predicted molar refractivity (Wildman–Crippen MR) is 62.0 cm³/mol. The SMILES string of the molecule is CSCCCCCn1c(C)nnc1Cl. The third kappa shape index (κ3) is 3.50. The largest absolute Gasteiger partial charge is 0.302 e. The number of aryl methyl sites for hydroxylation is 1. The van der Waals surface area contributed by atoms with Gasteiger partial charge in [-0.1, -0.05) is 6.42 Å². The van der Waals surface area contributed by atoms with Gasteiger partial charge in [-0.3, -0.25) is 0 Å². The van der Waals surface area contributed by atoms with Gasteiger partial charge in [0, 0.05) is 6.54 Å². The van der Waals surface area contributed by atoms with Crippen molar-refractivity contribution in [1.29, 1.82) is 0 Å². The highest BCUT2D eigenvalue weighted by Crippen LogP contribution is 2.10. The van der Waals surface area contributed by atoms with Crippen molar-refractivity contribution in [2.75, 3.05) is 12.0 Å². The molecule has 0 N–H and O–H groups in total. The fraction of sp³-hybridized carbons (Fsp3) is 0.778. The molecule has 0 atom stereocenters. The molecule has 0 bridgehead atoms. The molecule has 3 nitrogen and oxygen atoms in total. The van der Waals surface area contributed by atoms with E-state index in [1.54, 1.807) is 0 Å². The second kappa shape index (κ2) is 6.30. The Morgan fingerprint density at radius 2 is 2.07 bits per heavy atom. The van der Waals surface area contributed by atoms with E-state index in [9.17, 15) is 0 Å². The zero-order valence-corrected chi connectivity index (χ0v) is 10.2. The lowest BCUT2D eigenvalue weighted by Crippen LogP contribution is -2.01. The van der Waals surface area contributed by atoms with Crippen molar-refractivity contribution >= 4 is 23.4 Å². The van der Waals surface area contributed by atoms with Crippen molar-refractivity contribution in [2.24, 2.45) is 0 Å². The fourth-order valence-electron chi connectivity index (χ4n) is 1.30. The van der Waals surface area contributed by atoms with Crippen LogP contribution in [0.1, 0.15) is 25.1 Å². The first-order chi connectivity index (χ1) is 6.75. The fourth-order valence-corrected chi connectivity index (χ4v) is 2.04. The van der Waals surface area contributed by atoms with Gasteiger partial charge in [0.1, 0.15) is 5.82 Å². The average molecular weight is 234 g/mol. The molecule has 1 aromatic rings. The summed E-state index contributed by atoms with van der Waals surface area (Å²) in [6.07, 6.45) is 5.81. The third-order valence-corrected chi connectivity index (χ3v) is 3.10. The maximum Gasteiger partial charge on any atom is 0.225 e. The molecular formula is C9H16ClN3S. The summed E-state index contributed by atoms with van der Waals surface area (Å²) in [6.45, 7) is 2.87. The zero-order valence-electron chi connectivity index (χ0n) is 8.66. The maximum atomic E-state index is 5.87. The van der Waals surface area contributed by atoms with E-state index in [-0.39, 0.29) is 0 Å². The van der Waals surface area contributed by atoms with Crippen molar-refractivity contribution in [3.63, 3.8) is 0 Å². The highest BCUT2D eigenvalue weighted by atomic mass is 35.5. The number of aromatic nitrogens is 3. The van der Waals surface area contributed by atoms with Crippen molar-refractivity contribution in [1.82, 2.24) is 14.8 Å². The standard InChI is InChI=1S/C9H16ClN3S/c1-8-11-12-9(10)13(8)6-4-3-5-7-14-2/h3-7H2,1-2H3. The van der Waals surface area contributed by atoms with Gasteiger partial charge in [-0.05, 0) is 43.4 Å². The third-order valence-electron chi connectivity index (χ3n) is 2.12. The highest BCUT2D eigenvalue weighted by molar-refractivity contribution is 7.98. The maximum absolute atomic E-state index is 5.87. The van der Waals surface area contributed by atoms with Gasteiger partial charge >= 0.3 is 0 Å². The lowest BCUT2D eigenvalue weighted by molar-refractivity contribution is 0.592. The molecule has 0 fully saturated rings. The monoisotopic (exact) mass is 233 g/mol. The molecule has 0 aromatic carbocycles. The highest BCUT2D eigenvalue weighted by Gasteiger charge is 2.04. The summed E-state index contributed by atoms with van der Waals surface area (Å²) in [5, 5.41) is 8.22. The molecule has 1 aromatic heterocycles. The Labute approximate surface area is 94.2 Å². The Bertz CT molecular complexity index is 256. The zero-order chi connectivity index (χ0) is 10.4. The number of hydrogen-bond donors (Lipinski definition) is 0. The summed E-state index contributed by atoms with van der Waals surface area (Å²) < 4.78 is 1.96. The van der Waals surface area contributed by atoms with Crippen LogP contribution in [0.5, 0.6) is 0 Å². The van der Waals surface area contributed by atoms with E-state index < -0.39 is 0 Å². The number of halogens is 1. The molecule has 5 heteroatoms. The topological polar surface area (TPSA) is 30.7 Å². The summed E-state index contributed by atoms with van der Waals surface area (Å²) >= 11 is 7.77. The predicted octanol–water partition coefficient (Wildman–Crippen LogP) is 2.77. The number of nitrogens with zero attached hydrogens (tertiary/aromatic N) is 3. The van der Waals surface area contributed by atoms with Crippen molar-refractivity contribution in [3.8, 4) is 0 Å². The molecule has 0 amide bonds. The first kappa shape index (κ1) is 11.9. The van der Waals surface area contributed by atoms with Gasteiger partial charge in [0.05, 0.1) is 0 Å². The van der Waals surface area contributed by atoms with Crippen LogP contribution in [0.3, 0.4) is 0 Å². The van der Waals surface area contributed by atoms with Crippen molar-refractivity contribution < 1.29 is 0 Å². The first-order valence-electron chi connectivity index (χ1n) is 4.80.